The smallest absolute Gasteiger partial charge is 0.315 e. The Morgan fingerprint density at radius 3 is 2.15 bits per heavy atom. The van der Waals surface area contributed by atoms with Crippen LogP contribution >= 0.6 is 11.3 Å². The number of Topliss-reactive ketones (excluding diaryl/α,β-unsaturated/α-hetero) is 3. The molecule has 2 heterocycles. The highest BCUT2D eigenvalue weighted by Gasteiger charge is 2.52. The second-order valence-electron chi connectivity index (χ2n) is 18.2. The van der Waals surface area contributed by atoms with Crippen LogP contribution in [-0.4, -0.2) is 85.2 Å². The number of thiophene rings is 1. The zero-order chi connectivity index (χ0) is 38.2. The number of ketones is 3. The maximum Gasteiger partial charge on any atom is 0.315 e. The third-order valence-corrected chi connectivity index (χ3v) is 15.1. The summed E-state index contributed by atoms with van der Waals surface area (Å²) in [6.07, 6.45) is 8.52. The lowest BCUT2D eigenvalue weighted by Gasteiger charge is -2.38. The van der Waals surface area contributed by atoms with Crippen molar-refractivity contribution in [3.8, 4) is 0 Å². The van der Waals surface area contributed by atoms with Gasteiger partial charge in [-0.3, -0.25) is 19.2 Å². The Hall–Kier alpha value is -2.64. The van der Waals surface area contributed by atoms with Crippen molar-refractivity contribution < 1.29 is 32.4 Å². The number of sulfonamides is 1. The van der Waals surface area contributed by atoms with Crippen LogP contribution in [-0.2, 0) is 29.2 Å². The molecule has 11 nitrogen and oxygen atoms in total. The lowest BCUT2D eigenvalue weighted by molar-refractivity contribution is -0.144. The summed E-state index contributed by atoms with van der Waals surface area (Å²) in [5, 5.41) is 7.59. The van der Waals surface area contributed by atoms with Crippen LogP contribution in [0.1, 0.15) is 112 Å². The fourth-order valence-electron chi connectivity index (χ4n) is 8.24. The molecule has 1 aromatic rings. The van der Waals surface area contributed by atoms with E-state index in [0.717, 1.165) is 62.7 Å². The summed E-state index contributed by atoms with van der Waals surface area (Å²) in [6, 6.07) is 0.339. The van der Waals surface area contributed by atoms with Crippen LogP contribution < -0.4 is 10.6 Å². The minimum Gasteiger partial charge on any atom is -0.334 e. The Kier molecular flexibility index (Phi) is 12.5. The van der Waals surface area contributed by atoms with E-state index >= 15 is 0 Å². The highest BCUT2D eigenvalue weighted by molar-refractivity contribution is 7.91. The van der Waals surface area contributed by atoms with Gasteiger partial charge in [0.05, 0.1) is 6.04 Å². The van der Waals surface area contributed by atoms with Crippen molar-refractivity contribution in [1.82, 2.24) is 19.8 Å². The summed E-state index contributed by atoms with van der Waals surface area (Å²) in [5.74, 6) is -1.14. The van der Waals surface area contributed by atoms with Gasteiger partial charge in [-0.1, -0.05) is 73.3 Å². The Labute approximate surface area is 314 Å². The average molecular weight is 761 g/mol. The molecule has 1 aromatic heterocycles. The van der Waals surface area contributed by atoms with Crippen molar-refractivity contribution in [2.45, 2.75) is 135 Å². The molecule has 3 amide bonds. The number of fused-ring (bicyclic) bond motifs is 1. The van der Waals surface area contributed by atoms with Gasteiger partial charge in [0, 0.05) is 44.9 Å². The van der Waals surface area contributed by atoms with Crippen LogP contribution in [0, 0.1) is 40.4 Å². The molecular weight excluding hydrogens is 701 g/mol. The topological polar surface area (TPSA) is 150 Å². The molecule has 290 valence electrons. The third-order valence-electron chi connectivity index (χ3n) is 11.9. The normalized spacial score (nSPS) is 24.2. The van der Waals surface area contributed by atoms with E-state index in [1.165, 1.54) is 11.4 Å². The first kappa shape index (κ1) is 40.5. The first-order valence-electron chi connectivity index (χ1n) is 19.2. The van der Waals surface area contributed by atoms with Crippen LogP contribution in [0.25, 0.3) is 0 Å². The number of hydrogen-bond acceptors (Lipinski definition) is 8. The molecule has 5 rings (SSSR count). The molecule has 4 fully saturated rings. The second-order valence-corrected chi connectivity index (χ2v) is 21.4. The Balaban J connectivity index is 1.32. The van der Waals surface area contributed by atoms with E-state index in [1.807, 2.05) is 41.5 Å². The highest BCUT2D eigenvalue weighted by atomic mass is 32.2. The number of likely N-dealkylation sites (N-methyl/N-ethyl adjacent to an activating group) is 1. The summed E-state index contributed by atoms with van der Waals surface area (Å²) in [4.78, 5) is 70.9. The number of rotatable bonds is 16. The van der Waals surface area contributed by atoms with Gasteiger partial charge in [-0.15, -0.1) is 11.3 Å². The number of nitrogens with zero attached hydrogens (tertiary/aromatic N) is 2. The number of carbonyl (C=O) groups excluding carboxylic acids is 5. The molecule has 0 aromatic carbocycles. The van der Waals surface area contributed by atoms with E-state index < -0.39 is 56.7 Å². The molecule has 3 aliphatic carbocycles. The van der Waals surface area contributed by atoms with E-state index in [4.69, 9.17) is 0 Å². The van der Waals surface area contributed by atoms with Gasteiger partial charge < -0.3 is 15.5 Å². The van der Waals surface area contributed by atoms with Gasteiger partial charge >= 0.3 is 6.03 Å². The minimum atomic E-state index is -3.76. The van der Waals surface area contributed by atoms with E-state index in [-0.39, 0.29) is 58.8 Å². The van der Waals surface area contributed by atoms with Gasteiger partial charge in [-0.05, 0) is 78.1 Å². The van der Waals surface area contributed by atoms with Crippen LogP contribution in [0.15, 0.2) is 21.7 Å². The standard InChI is InChI=1S/C39H60N4O7S2/c1-38(2,3)31(23-42(7)52(49,50)32-15-10-18-51-32)40-37(48)41-35(39(4,5)6)36(47)43-22-26-13-9-14-28(26)33(43)29(44)21-27(19-24-11-8-12-24)34(46)30(45)20-25-16-17-25/h10,15,18,24-28,31,33,35H,8-9,11-14,16-17,19-23H2,1-7H3,(H2,40,41,48)/t26-,27?,28-,31+,33-,35+/m0/s1. The van der Waals surface area contributed by atoms with Gasteiger partial charge in [0.1, 0.15) is 10.3 Å². The van der Waals surface area contributed by atoms with Crippen molar-refractivity contribution in [2.24, 2.45) is 40.4 Å². The fourth-order valence-corrected chi connectivity index (χ4v) is 10.6. The predicted molar refractivity (Wildman–Crippen MR) is 201 cm³/mol. The van der Waals surface area contributed by atoms with Crippen molar-refractivity contribution in [3.63, 3.8) is 0 Å². The Morgan fingerprint density at radius 1 is 0.923 bits per heavy atom. The number of likely N-dealkylation sites (tertiary alicyclic amines) is 1. The highest BCUT2D eigenvalue weighted by Crippen LogP contribution is 2.45. The summed E-state index contributed by atoms with van der Waals surface area (Å²) in [6.45, 7) is 11.8. The maximum absolute atomic E-state index is 14.6. The molecule has 13 heteroatoms. The number of hydrogen-bond donors (Lipinski definition) is 2. The largest absolute Gasteiger partial charge is 0.334 e. The summed E-state index contributed by atoms with van der Waals surface area (Å²) >= 11 is 1.13. The van der Waals surface area contributed by atoms with Gasteiger partial charge in [0.15, 0.2) is 11.6 Å². The third kappa shape index (κ3) is 9.53. The molecule has 0 spiro atoms. The molecule has 52 heavy (non-hydrogen) atoms. The van der Waals surface area contributed by atoms with Crippen LogP contribution in [0.4, 0.5) is 4.79 Å². The summed E-state index contributed by atoms with van der Waals surface area (Å²) < 4.78 is 27.9. The van der Waals surface area contributed by atoms with Crippen LogP contribution in [0.2, 0.25) is 0 Å². The van der Waals surface area contributed by atoms with Crippen molar-refractivity contribution in [2.75, 3.05) is 20.1 Å². The van der Waals surface area contributed by atoms with E-state index in [2.05, 4.69) is 10.6 Å². The molecule has 1 saturated heterocycles. The molecule has 0 radical (unpaired) electrons. The first-order valence-corrected chi connectivity index (χ1v) is 21.6. The summed E-state index contributed by atoms with van der Waals surface area (Å²) in [5.41, 5.74) is -1.26. The molecule has 2 N–H and O–H groups in total. The zero-order valence-corrected chi connectivity index (χ0v) is 33.7. The minimum absolute atomic E-state index is 0.0151. The molecule has 1 unspecified atom stereocenters. The van der Waals surface area contributed by atoms with Crippen molar-refractivity contribution in [3.05, 3.63) is 17.5 Å². The van der Waals surface area contributed by atoms with Gasteiger partial charge in [-0.2, -0.15) is 4.31 Å². The number of carbonyl (C=O) groups is 5. The lowest BCUT2D eigenvalue weighted by Crippen LogP contribution is -2.61. The first-order chi connectivity index (χ1) is 24.3. The van der Waals surface area contributed by atoms with Crippen LogP contribution in [0.5, 0.6) is 0 Å². The SMILES string of the molecule is CN(C[C@@H](NC(=O)N[C@H](C(=O)N1C[C@@H]2CCC[C@@H]2[C@H]1C(=O)CC(CC1CCC1)C(=O)C(=O)CC1CC1)C(C)(C)C)C(C)(C)C)S(=O)(=O)c1cccs1. The van der Waals surface area contributed by atoms with Crippen molar-refractivity contribution in [1.29, 1.82) is 0 Å². The zero-order valence-electron chi connectivity index (χ0n) is 32.1. The van der Waals surface area contributed by atoms with Gasteiger partial charge in [0.25, 0.3) is 10.0 Å². The molecule has 1 aliphatic heterocycles. The number of urea groups is 1. The molecule has 4 aliphatic rings. The molecular formula is C39H60N4O7S2. The average Bonchev–Trinajstić information content (AvgIpc) is 3.39. The second kappa shape index (κ2) is 16.0. The molecule has 6 atom stereocenters. The van der Waals surface area contributed by atoms with Crippen LogP contribution in [0.3, 0.4) is 0 Å². The lowest BCUT2D eigenvalue weighted by atomic mass is 9.75. The van der Waals surface area contributed by atoms with E-state index in [0.29, 0.717) is 18.9 Å². The molecule has 0 bridgehead atoms. The number of nitrogens with one attached hydrogen (secondary N) is 2. The molecule has 3 saturated carbocycles. The van der Waals surface area contributed by atoms with Gasteiger partial charge in [-0.25, -0.2) is 13.2 Å². The van der Waals surface area contributed by atoms with E-state index in [1.54, 1.807) is 22.4 Å². The van der Waals surface area contributed by atoms with E-state index in [9.17, 15) is 32.4 Å². The Bertz CT molecular complexity index is 1590. The number of amides is 3. The predicted octanol–water partition coefficient (Wildman–Crippen LogP) is 5.83. The van der Waals surface area contributed by atoms with Crippen molar-refractivity contribution >= 4 is 50.6 Å². The monoisotopic (exact) mass is 760 g/mol. The summed E-state index contributed by atoms with van der Waals surface area (Å²) in [7, 11) is -2.27. The quantitative estimate of drug-likeness (QED) is 0.202. The maximum atomic E-state index is 14.6. The fraction of sp³-hybridized carbons (Fsp3) is 0.769. The Morgan fingerprint density at radius 2 is 1.60 bits per heavy atom. The van der Waals surface area contributed by atoms with Gasteiger partial charge in [0.2, 0.25) is 11.7 Å².